The molecule has 1 unspecified atom stereocenters. The third kappa shape index (κ3) is 2.78. The van der Waals surface area contributed by atoms with E-state index in [1.54, 1.807) is 0 Å². The SMILES string of the molecule is CC(C)PN1CCCCC1=O. The Balaban J connectivity index is 2.36. The second kappa shape index (κ2) is 4.06. The zero-order valence-corrected chi connectivity index (χ0v) is 8.26. The van der Waals surface area contributed by atoms with Crippen LogP contribution in [0.4, 0.5) is 0 Å². The average Bonchev–Trinajstić information content (AvgIpc) is 1.93. The lowest BCUT2D eigenvalue weighted by Gasteiger charge is -2.27. The first kappa shape index (κ1) is 8.99. The molecule has 1 fully saturated rings. The van der Waals surface area contributed by atoms with E-state index in [0.717, 1.165) is 19.4 Å². The van der Waals surface area contributed by atoms with Crippen molar-refractivity contribution in [1.82, 2.24) is 4.67 Å². The molecule has 0 aromatic carbocycles. The molecule has 0 aliphatic carbocycles. The normalized spacial score (nSPS) is 20.6. The molecule has 64 valence electrons. The Morgan fingerprint density at radius 1 is 1.45 bits per heavy atom. The lowest BCUT2D eigenvalue weighted by molar-refractivity contribution is -0.127. The number of hydrogen-bond acceptors (Lipinski definition) is 1. The van der Waals surface area contributed by atoms with E-state index in [1.807, 2.05) is 4.67 Å². The van der Waals surface area contributed by atoms with Crippen LogP contribution in [-0.4, -0.2) is 22.8 Å². The van der Waals surface area contributed by atoms with Crippen molar-refractivity contribution < 1.29 is 4.79 Å². The molecule has 0 bridgehead atoms. The molecule has 1 amide bonds. The Bertz CT molecular complexity index is 147. The first-order valence-corrected chi connectivity index (χ1v) is 5.29. The predicted molar refractivity (Wildman–Crippen MR) is 49.0 cm³/mol. The third-order valence-corrected chi connectivity index (χ3v) is 3.04. The molecule has 0 aromatic heterocycles. The van der Waals surface area contributed by atoms with E-state index in [0.29, 0.717) is 20.3 Å². The molecule has 1 aliphatic rings. The van der Waals surface area contributed by atoms with Gasteiger partial charge in [0, 0.05) is 13.0 Å². The highest BCUT2D eigenvalue weighted by atomic mass is 31.1. The van der Waals surface area contributed by atoms with Crippen LogP contribution in [0.3, 0.4) is 0 Å². The van der Waals surface area contributed by atoms with E-state index in [1.165, 1.54) is 6.42 Å². The van der Waals surface area contributed by atoms with Crippen LogP contribution < -0.4 is 0 Å². The van der Waals surface area contributed by atoms with Crippen molar-refractivity contribution >= 4 is 14.6 Å². The van der Waals surface area contributed by atoms with Gasteiger partial charge in [-0.05, 0) is 27.2 Å². The molecule has 0 spiro atoms. The molecular weight excluding hydrogens is 157 g/mol. The fraction of sp³-hybridized carbons (Fsp3) is 0.875. The smallest absolute Gasteiger partial charge is 0.225 e. The quantitative estimate of drug-likeness (QED) is 0.585. The third-order valence-electron chi connectivity index (χ3n) is 1.74. The molecule has 1 heterocycles. The van der Waals surface area contributed by atoms with E-state index >= 15 is 0 Å². The molecule has 0 aromatic rings. The predicted octanol–water partition coefficient (Wildman–Crippen LogP) is 2.00. The number of carbonyl (C=O) groups excluding carboxylic acids is 1. The van der Waals surface area contributed by atoms with Gasteiger partial charge in [-0.2, -0.15) is 0 Å². The summed E-state index contributed by atoms with van der Waals surface area (Å²) in [5.74, 6) is 0.364. The standard InChI is InChI=1S/C8H16NOP/c1-7(2)11-9-6-4-3-5-8(9)10/h7,11H,3-6H2,1-2H3. The topological polar surface area (TPSA) is 20.3 Å². The minimum atomic E-state index is 0.364. The van der Waals surface area contributed by atoms with Gasteiger partial charge in [0.25, 0.3) is 0 Å². The van der Waals surface area contributed by atoms with E-state index in [2.05, 4.69) is 13.8 Å². The van der Waals surface area contributed by atoms with Crippen molar-refractivity contribution in [2.24, 2.45) is 0 Å². The summed E-state index contributed by atoms with van der Waals surface area (Å²) in [6, 6.07) is 0. The Kier molecular flexibility index (Phi) is 3.32. The lowest BCUT2D eigenvalue weighted by Crippen LogP contribution is -2.29. The number of piperidine rings is 1. The van der Waals surface area contributed by atoms with E-state index < -0.39 is 0 Å². The van der Waals surface area contributed by atoms with Gasteiger partial charge in [-0.15, -0.1) is 0 Å². The fourth-order valence-electron chi connectivity index (χ4n) is 1.25. The van der Waals surface area contributed by atoms with Gasteiger partial charge in [0.2, 0.25) is 5.91 Å². The number of rotatable bonds is 2. The summed E-state index contributed by atoms with van der Waals surface area (Å²) in [4.78, 5) is 11.3. The highest BCUT2D eigenvalue weighted by Crippen LogP contribution is 2.28. The van der Waals surface area contributed by atoms with Gasteiger partial charge in [-0.3, -0.25) is 4.79 Å². The Labute approximate surface area is 70.2 Å². The largest absolute Gasteiger partial charge is 0.324 e. The second-order valence-corrected chi connectivity index (χ2v) is 5.24. The van der Waals surface area contributed by atoms with Crippen LogP contribution in [0, 0.1) is 0 Å². The summed E-state index contributed by atoms with van der Waals surface area (Å²) in [6.07, 6.45) is 3.07. The molecule has 2 nitrogen and oxygen atoms in total. The molecule has 1 aliphatic heterocycles. The summed E-state index contributed by atoms with van der Waals surface area (Å²) in [5, 5.41) is 0. The minimum absolute atomic E-state index is 0.364. The highest BCUT2D eigenvalue weighted by molar-refractivity contribution is 7.37. The summed E-state index contributed by atoms with van der Waals surface area (Å²) < 4.78 is 2.02. The van der Waals surface area contributed by atoms with Gasteiger partial charge in [0.1, 0.15) is 0 Å². The van der Waals surface area contributed by atoms with Crippen LogP contribution in [-0.2, 0) is 4.79 Å². The Hall–Kier alpha value is -0.100. The van der Waals surface area contributed by atoms with Gasteiger partial charge in [-0.25, -0.2) is 0 Å². The first-order valence-electron chi connectivity index (χ1n) is 4.26. The van der Waals surface area contributed by atoms with Crippen LogP contribution in [0.5, 0.6) is 0 Å². The van der Waals surface area contributed by atoms with Crippen molar-refractivity contribution in [1.29, 1.82) is 0 Å². The van der Waals surface area contributed by atoms with Gasteiger partial charge in [-0.1, -0.05) is 13.8 Å². The van der Waals surface area contributed by atoms with Gasteiger partial charge in [0.15, 0.2) is 0 Å². The fourth-order valence-corrected chi connectivity index (χ4v) is 2.42. The summed E-state index contributed by atoms with van der Waals surface area (Å²) in [5.41, 5.74) is 0.636. The minimum Gasteiger partial charge on any atom is -0.324 e. The second-order valence-electron chi connectivity index (χ2n) is 3.29. The number of nitrogens with zero attached hydrogens (tertiary/aromatic N) is 1. The maximum absolute atomic E-state index is 11.3. The van der Waals surface area contributed by atoms with Gasteiger partial charge in [0.05, 0.1) is 0 Å². The summed E-state index contributed by atoms with van der Waals surface area (Å²) in [6.45, 7) is 5.33. The molecule has 0 saturated carbocycles. The van der Waals surface area contributed by atoms with Crippen molar-refractivity contribution in [3.05, 3.63) is 0 Å². The van der Waals surface area contributed by atoms with Gasteiger partial charge < -0.3 is 4.67 Å². The van der Waals surface area contributed by atoms with Crippen molar-refractivity contribution in [2.75, 3.05) is 6.54 Å². The van der Waals surface area contributed by atoms with Crippen LogP contribution in [0.15, 0.2) is 0 Å². The molecule has 1 saturated heterocycles. The monoisotopic (exact) mass is 173 g/mol. The van der Waals surface area contributed by atoms with E-state index in [9.17, 15) is 4.79 Å². The maximum Gasteiger partial charge on any atom is 0.225 e. The molecule has 1 rings (SSSR count). The summed E-state index contributed by atoms with van der Waals surface area (Å²) in [7, 11) is 0.702. The van der Waals surface area contributed by atoms with Crippen molar-refractivity contribution in [2.45, 2.75) is 38.8 Å². The average molecular weight is 173 g/mol. The van der Waals surface area contributed by atoms with Crippen LogP contribution >= 0.6 is 8.73 Å². The van der Waals surface area contributed by atoms with E-state index in [4.69, 9.17) is 0 Å². The number of amides is 1. The zero-order valence-electron chi connectivity index (χ0n) is 7.26. The van der Waals surface area contributed by atoms with Crippen LogP contribution in [0.1, 0.15) is 33.1 Å². The first-order chi connectivity index (χ1) is 5.20. The Morgan fingerprint density at radius 2 is 2.18 bits per heavy atom. The summed E-state index contributed by atoms with van der Waals surface area (Å²) >= 11 is 0. The van der Waals surface area contributed by atoms with Crippen LogP contribution in [0.2, 0.25) is 0 Å². The number of carbonyl (C=O) groups is 1. The maximum atomic E-state index is 11.3. The molecule has 1 atom stereocenters. The highest BCUT2D eigenvalue weighted by Gasteiger charge is 2.17. The molecule has 11 heavy (non-hydrogen) atoms. The lowest BCUT2D eigenvalue weighted by atomic mass is 10.2. The molecule has 0 N–H and O–H groups in total. The molecule has 0 radical (unpaired) electrons. The van der Waals surface area contributed by atoms with Crippen molar-refractivity contribution in [3.63, 3.8) is 0 Å². The van der Waals surface area contributed by atoms with Crippen molar-refractivity contribution in [3.8, 4) is 0 Å². The van der Waals surface area contributed by atoms with Gasteiger partial charge >= 0.3 is 0 Å². The molecular formula is C8H16NOP. The number of hydrogen-bond donors (Lipinski definition) is 0. The Morgan fingerprint density at radius 3 is 2.73 bits per heavy atom. The van der Waals surface area contributed by atoms with Crippen LogP contribution in [0.25, 0.3) is 0 Å². The zero-order chi connectivity index (χ0) is 8.27. The molecule has 3 heteroatoms. The van der Waals surface area contributed by atoms with E-state index in [-0.39, 0.29) is 0 Å².